The molecule has 5 heteroatoms. The first-order valence-electron chi connectivity index (χ1n) is 6.28. The van der Waals surface area contributed by atoms with Gasteiger partial charge in [-0.2, -0.15) is 5.26 Å². The minimum atomic E-state index is 0.452. The van der Waals surface area contributed by atoms with Crippen LogP contribution < -0.4 is 11.1 Å². The lowest BCUT2D eigenvalue weighted by Gasteiger charge is -2.12. The summed E-state index contributed by atoms with van der Waals surface area (Å²) in [4.78, 5) is 4.27. The Morgan fingerprint density at radius 2 is 2.05 bits per heavy atom. The van der Waals surface area contributed by atoms with E-state index in [1.165, 1.54) is 0 Å². The molecule has 21 heavy (non-hydrogen) atoms. The molecule has 0 amide bonds. The number of fused-ring (bicyclic) bond motifs is 1. The van der Waals surface area contributed by atoms with E-state index in [-0.39, 0.29) is 0 Å². The first-order chi connectivity index (χ1) is 10.2. The zero-order valence-electron chi connectivity index (χ0n) is 11.0. The van der Waals surface area contributed by atoms with Gasteiger partial charge >= 0.3 is 0 Å². The molecule has 0 saturated carbocycles. The lowest BCUT2D eigenvalue weighted by molar-refractivity contribution is 1.36. The molecule has 0 unspecified atom stereocenters. The maximum absolute atomic E-state index is 9.29. The Morgan fingerprint density at radius 1 is 1.19 bits per heavy atom. The second kappa shape index (κ2) is 5.31. The molecule has 2 aromatic carbocycles. The number of anilines is 3. The summed E-state index contributed by atoms with van der Waals surface area (Å²) in [5.41, 5.74) is 9.16. The second-order valence-corrected chi connectivity index (χ2v) is 5.01. The van der Waals surface area contributed by atoms with Crippen LogP contribution in [0.25, 0.3) is 10.9 Å². The van der Waals surface area contributed by atoms with Crippen LogP contribution in [0.15, 0.2) is 48.7 Å². The van der Waals surface area contributed by atoms with Crippen molar-refractivity contribution in [2.75, 3.05) is 11.1 Å². The number of nitrogens with two attached hydrogens (primary N) is 1. The van der Waals surface area contributed by atoms with E-state index in [2.05, 4.69) is 16.4 Å². The molecule has 3 aromatic rings. The number of nitrogens with one attached hydrogen (secondary N) is 1. The molecular formula is C16H11ClN4. The number of nitrogens with zero attached hydrogens (tertiary/aromatic N) is 2. The Balaban J connectivity index is 2.19. The molecule has 102 valence electrons. The molecule has 0 fully saturated rings. The molecule has 0 aliphatic rings. The third-order valence-electron chi connectivity index (χ3n) is 3.11. The maximum atomic E-state index is 9.29. The lowest BCUT2D eigenvalue weighted by atomic mass is 10.1. The first kappa shape index (κ1) is 13.2. The topological polar surface area (TPSA) is 74.7 Å². The van der Waals surface area contributed by atoms with Gasteiger partial charge in [-0.15, -0.1) is 0 Å². The van der Waals surface area contributed by atoms with Crippen molar-refractivity contribution < 1.29 is 0 Å². The summed E-state index contributed by atoms with van der Waals surface area (Å²) in [7, 11) is 0. The van der Waals surface area contributed by atoms with Gasteiger partial charge in [-0.05, 0) is 36.4 Å². The summed E-state index contributed by atoms with van der Waals surface area (Å²) in [6, 6.07) is 14.9. The van der Waals surface area contributed by atoms with Crippen LogP contribution in [0.3, 0.4) is 0 Å². The van der Waals surface area contributed by atoms with Crippen molar-refractivity contribution in [3.63, 3.8) is 0 Å². The quantitative estimate of drug-likeness (QED) is 0.698. The monoisotopic (exact) mass is 294 g/mol. The van der Waals surface area contributed by atoms with Gasteiger partial charge < -0.3 is 11.1 Å². The van der Waals surface area contributed by atoms with Crippen molar-refractivity contribution in [2.45, 2.75) is 0 Å². The fourth-order valence-corrected chi connectivity index (χ4v) is 2.33. The van der Waals surface area contributed by atoms with Gasteiger partial charge in [-0.3, -0.25) is 4.98 Å². The van der Waals surface area contributed by atoms with Gasteiger partial charge in [0.1, 0.15) is 6.07 Å². The van der Waals surface area contributed by atoms with E-state index in [9.17, 15) is 5.26 Å². The zero-order valence-corrected chi connectivity index (χ0v) is 11.7. The Hall–Kier alpha value is -2.77. The molecule has 3 N–H and O–H groups in total. The van der Waals surface area contributed by atoms with Gasteiger partial charge in [0.05, 0.1) is 16.8 Å². The second-order valence-electron chi connectivity index (χ2n) is 4.57. The highest BCUT2D eigenvalue weighted by molar-refractivity contribution is 6.30. The van der Waals surface area contributed by atoms with Crippen molar-refractivity contribution >= 4 is 39.6 Å². The van der Waals surface area contributed by atoms with Crippen LogP contribution in [-0.4, -0.2) is 4.98 Å². The van der Waals surface area contributed by atoms with Crippen LogP contribution in [0.4, 0.5) is 17.1 Å². The van der Waals surface area contributed by atoms with E-state index in [0.717, 1.165) is 16.6 Å². The normalized spacial score (nSPS) is 10.3. The molecule has 0 radical (unpaired) electrons. The van der Waals surface area contributed by atoms with Crippen molar-refractivity contribution in [2.24, 2.45) is 0 Å². The maximum Gasteiger partial charge on any atom is 0.103 e. The highest BCUT2D eigenvalue weighted by Crippen LogP contribution is 2.30. The number of pyridine rings is 1. The molecule has 0 aliphatic heterocycles. The average Bonchev–Trinajstić information content (AvgIpc) is 2.48. The summed E-state index contributed by atoms with van der Waals surface area (Å²) in [6.07, 6.45) is 1.55. The zero-order chi connectivity index (χ0) is 14.8. The van der Waals surface area contributed by atoms with Crippen molar-refractivity contribution in [1.82, 2.24) is 4.98 Å². The number of hydrogen-bond acceptors (Lipinski definition) is 4. The van der Waals surface area contributed by atoms with E-state index in [1.54, 1.807) is 30.5 Å². The summed E-state index contributed by atoms with van der Waals surface area (Å²) in [5.74, 6) is 0. The average molecular weight is 295 g/mol. The Morgan fingerprint density at radius 3 is 2.81 bits per heavy atom. The van der Waals surface area contributed by atoms with Gasteiger partial charge in [0.2, 0.25) is 0 Å². The Kier molecular flexibility index (Phi) is 3.35. The van der Waals surface area contributed by atoms with Crippen LogP contribution >= 0.6 is 11.6 Å². The smallest absolute Gasteiger partial charge is 0.103 e. The van der Waals surface area contributed by atoms with Crippen molar-refractivity contribution in [3.8, 4) is 6.07 Å². The largest absolute Gasteiger partial charge is 0.399 e. The van der Waals surface area contributed by atoms with E-state index >= 15 is 0 Å². The summed E-state index contributed by atoms with van der Waals surface area (Å²) in [5, 5.41) is 13.9. The van der Waals surface area contributed by atoms with E-state index in [0.29, 0.717) is 22.0 Å². The predicted octanol–water partition coefficient (Wildman–Crippen LogP) is 4.09. The van der Waals surface area contributed by atoms with Crippen LogP contribution in [0.1, 0.15) is 5.56 Å². The molecule has 0 saturated heterocycles. The number of benzene rings is 2. The summed E-state index contributed by atoms with van der Waals surface area (Å²) >= 11 is 5.99. The number of aromatic nitrogens is 1. The Bertz CT molecular complexity index is 868. The van der Waals surface area contributed by atoms with Gasteiger partial charge in [-0.25, -0.2) is 0 Å². The fourth-order valence-electron chi connectivity index (χ4n) is 2.14. The molecule has 0 bridgehead atoms. The number of nitrogen functional groups attached to an aromatic ring is 1. The lowest BCUT2D eigenvalue weighted by Crippen LogP contribution is -1.97. The molecule has 4 nitrogen and oxygen atoms in total. The predicted molar refractivity (Wildman–Crippen MR) is 85.6 cm³/mol. The molecule has 0 aliphatic carbocycles. The van der Waals surface area contributed by atoms with Gasteiger partial charge in [-0.1, -0.05) is 17.7 Å². The molecule has 1 aromatic heterocycles. The minimum Gasteiger partial charge on any atom is -0.399 e. The number of nitriles is 1. The molecule has 0 spiro atoms. The van der Waals surface area contributed by atoms with Crippen LogP contribution in [0.2, 0.25) is 5.02 Å². The highest BCUT2D eigenvalue weighted by atomic mass is 35.5. The standard InChI is InChI=1S/C16H11ClN4/c17-11-2-1-3-13(6-11)21-16-10(8-18)9-20-15-5-4-12(19)7-14(15)16/h1-7,9H,19H2,(H,20,21). The summed E-state index contributed by atoms with van der Waals surface area (Å²) in [6.45, 7) is 0. The van der Waals surface area contributed by atoms with E-state index in [1.807, 2.05) is 18.2 Å². The van der Waals surface area contributed by atoms with E-state index in [4.69, 9.17) is 17.3 Å². The third-order valence-corrected chi connectivity index (χ3v) is 3.34. The Labute approximate surface area is 126 Å². The fraction of sp³-hybridized carbons (Fsp3) is 0. The van der Waals surface area contributed by atoms with Gasteiger partial charge in [0.25, 0.3) is 0 Å². The minimum absolute atomic E-state index is 0.452. The van der Waals surface area contributed by atoms with Crippen LogP contribution in [-0.2, 0) is 0 Å². The van der Waals surface area contributed by atoms with Gasteiger partial charge in [0.15, 0.2) is 0 Å². The molecule has 0 atom stereocenters. The number of hydrogen-bond donors (Lipinski definition) is 2. The molecule has 3 rings (SSSR count). The summed E-state index contributed by atoms with van der Waals surface area (Å²) < 4.78 is 0. The van der Waals surface area contributed by atoms with Crippen molar-refractivity contribution in [1.29, 1.82) is 5.26 Å². The van der Waals surface area contributed by atoms with Crippen molar-refractivity contribution in [3.05, 3.63) is 59.2 Å². The SMILES string of the molecule is N#Cc1cnc2ccc(N)cc2c1Nc1cccc(Cl)c1. The first-order valence-corrected chi connectivity index (χ1v) is 6.66. The molecular weight excluding hydrogens is 284 g/mol. The highest BCUT2D eigenvalue weighted by Gasteiger charge is 2.09. The van der Waals surface area contributed by atoms with Crippen LogP contribution in [0.5, 0.6) is 0 Å². The van der Waals surface area contributed by atoms with Gasteiger partial charge in [0, 0.05) is 28.0 Å². The number of halogens is 1. The number of rotatable bonds is 2. The van der Waals surface area contributed by atoms with Crippen LogP contribution in [0, 0.1) is 11.3 Å². The van der Waals surface area contributed by atoms with E-state index < -0.39 is 0 Å². The third kappa shape index (κ3) is 2.60. The molecule has 1 heterocycles.